The summed E-state index contributed by atoms with van der Waals surface area (Å²) in [6.07, 6.45) is 0. The molecule has 2 rings (SSSR count). The second kappa shape index (κ2) is 7.51. The summed E-state index contributed by atoms with van der Waals surface area (Å²) in [5.41, 5.74) is 1.80. The third kappa shape index (κ3) is 4.50. The van der Waals surface area contributed by atoms with E-state index in [2.05, 4.69) is 31.3 Å². The fourth-order valence-electron chi connectivity index (χ4n) is 1.83. The second-order valence-corrected chi connectivity index (χ2v) is 6.50. The van der Waals surface area contributed by atoms with Crippen LogP contribution in [0, 0.1) is 11.3 Å². The Balaban J connectivity index is 2.21. The van der Waals surface area contributed by atoms with Crippen molar-refractivity contribution in [3.8, 4) is 6.07 Å². The van der Waals surface area contributed by atoms with Gasteiger partial charge < -0.3 is 5.32 Å². The number of hydrogen-bond acceptors (Lipinski definition) is 3. The summed E-state index contributed by atoms with van der Waals surface area (Å²) < 4.78 is 0. The van der Waals surface area contributed by atoms with Gasteiger partial charge in [-0.3, -0.25) is 0 Å². The lowest BCUT2D eigenvalue weighted by atomic mass is 10.1. The molecule has 2 aromatic rings. The fraction of sp³-hybridized carbons (Fsp3) is 0.235. The molecular formula is C17H17ClN2S. The summed E-state index contributed by atoms with van der Waals surface area (Å²) in [5, 5.41) is 13.4. The van der Waals surface area contributed by atoms with Crippen LogP contribution in [0.2, 0.25) is 5.02 Å². The molecule has 0 aliphatic heterocycles. The first kappa shape index (κ1) is 15.9. The van der Waals surface area contributed by atoms with Crippen LogP contribution >= 0.6 is 23.4 Å². The number of nitrogens with zero attached hydrogens (tertiary/aromatic N) is 1. The van der Waals surface area contributed by atoms with E-state index in [4.69, 9.17) is 11.6 Å². The Morgan fingerprint density at radius 1 is 1.19 bits per heavy atom. The van der Waals surface area contributed by atoms with E-state index in [1.807, 2.05) is 36.4 Å². The Morgan fingerprint density at radius 2 is 1.95 bits per heavy atom. The average molecular weight is 317 g/mol. The Labute approximate surface area is 135 Å². The molecular weight excluding hydrogens is 300 g/mol. The number of rotatable bonds is 5. The largest absolute Gasteiger partial charge is 0.310 e. The number of nitriles is 1. The smallest absolute Gasteiger partial charge is 0.100 e. The number of halogens is 1. The summed E-state index contributed by atoms with van der Waals surface area (Å²) in [6, 6.07) is 16.3. The topological polar surface area (TPSA) is 35.8 Å². The van der Waals surface area contributed by atoms with E-state index in [0.717, 1.165) is 21.9 Å². The van der Waals surface area contributed by atoms with Gasteiger partial charge in [0, 0.05) is 22.4 Å². The third-order valence-corrected chi connectivity index (χ3v) is 4.53. The maximum absolute atomic E-state index is 9.35. The highest BCUT2D eigenvalue weighted by Gasteiger charge is 2.08. The molecule has 0 saturated heterocycles. The molecule has 2 nitrogen and oxygen atoms in total. The Bertz CT molecular complexity index is 662. The van der Waals surface area contributed by atoms with Crippen LogP contribution < -0.4 is 5.32 Å². The van der Waals surface area contributed by atoms with Gasteiger partial charge >= 0.3 is 0 Å². The lowest BCUT2D eigenvalue weighted by Gasteiger charge is -2.10. The van der Waals surface area contributed by atoms with E-state index >= 15 is 0 Å². The third-order valence-electron chi connectivity index (χ3n) is 2.94. The van der Waals surface area contributed by atoms with Crippen molar-refractivity contribution < 1.29 is 0 Å². The van der Waals surface area contributed by atoms with E-state index < -0.39 is 0 Å². The van der Waals surface area contributed by atoms with Crippen LogP contribution in [0.15, 0.2) is 52.3 Å². The van der Waals surface area contributed by atoms with E-state index in [9.17, 15) is 5.26 Å². The Hall–Kier alpha value is -1.47. The molecule has 4 heteroatoms. The summed E-state index contributed by atoms with van der Waals surface area (Å²) in [7, 11) is 0. The van der Waals surface area contributed by atoms with E-state index in [-0.39, 0.29) is 0 Å². The zero-order valence-electron chi connectivity index (χ0n) is 12.1. The molecule has 0 unspecified atom stereocenters. The molecule has 21 heavy (non-hydrogen) atoms. The summed E-state index contributed by atoms with van der Waals surface area (Å²) in [6.45, 7) is 4.98. The van der Waals surface area contributed by atoms with Crippen LogP contribution in [0.1, 0.15) is 25.0 Å². The predicted octanol–water partition coefficient (Wildman–Crippen LogP) is 4.86. The maximum Gasteiger partial charge on any atom is 0.100 e. The first-order valence-electron chi connectivity index (χ1n) is 6.79. The second-order valence-electron chi connectivity index (χ2n) is 5.01. The summed E-state index contributed by atoms with van der Waals surface area (Å²) >= 11 is 7.70. The van der Waals surface area contributed by atoms with Gasteiger partial charge in [0.2, 0.25) is 0 Å². The molecule has 0 bridgehead atoms. The molecule has 108 valence electrons. The monoisotopic (exact) mass is 316 g/mol. The highest BCUT2D eigenvalue weighted by atomic mass is 35.5. The van der Waals surface area contributed by atoms with Gasteiger partial charge in [-0.2, -0.15) is 5.26 Å². The first-order valence-corrected chi connectivity index (χ1v) is 7.98. The van der Waals surface area contributed by atoms with Crippen LogP contribution in [0.4, 0.5) is 0 Å². The number of nitrogens with one attached hydrogen (secondary N) is 1. The molecule has 0 atom stereocenters. The van der Waals surface area contributed by atoms with Gasteiger partial charge in [-0.15, -0.1) is 0 Å². The quantitative estimate of drug-likeness (QED) is 0.855. The standard InChI is InChI=1S/C17H17ClN2S/c1-12(2)20-11-13-7-8-16(14(9-13)10-19)21-17-6-4-3-5-15(17)18/h3-9,12,20H,11H2,1-2H3. The van der Waals surface area contributed by atoms with Crippen LogP contribution in [0.25, 0.3) is 0 Å². The molecule has 0 radical (unpaired) electrons. The minimum absolute atomic E-state index is 0.424. The normalized spacial score (nSPS) is 10.6. The molecule has 1 N–H and O–H groups in total. The highest BCUT2D eigenvalue weighted by molar-refractivity contribution is 7.99. The molecule has 0 aliphatic carbocycles. The van der Waals surface area contributed by atoms with Gasteiger partial charge in [0.15, 0.2) is 0 Å². The van der Waals surface area contributed by atoms with Crippen molar-refractivity contribution in [2.75, 3.05) is 0 Å². The molecule has 0 saturated carbocycles. The minimum Gasteiger partial charge on any atom is -0.310 e. The first-order chi connectivity index (χ1) is 10.1. The van der Waals surface area contributed by atoms with E-state index in [1.165, 1.54) is 11.8 Å². The maximum atomic E-state index is 9.35. The zero-order chi connectivity index (χ0) is 15.2. The van der Waals surface area contributed by atoms with Crippen LogP contribution in [0.5, 0.6) is 0 Å². The van der Waals surface area contributed by atoms with Gasteiger partial charge in [0.05, 0.1) is 10.6 Å². The fourth-order valence-corrected chi connectivity index (χ4v) is 2.98. The van der Waals surface area contributed by atoms with Crippen molar-refractivity contribution in [1.29, 1.82) is 5.26 Å². The van der Waals surface area contributed by atoms with Crippen molar-refractivity contribution in [3.63, 3.8) is 0 Å². The molecule has 0 heterocycles. The van der Waals surface area contributed by atoms with Crippen molar-refractivity contribution in [2.24, 2.45) is 0 Å². The lowest BCUT2D eigenvalue weighted by Crippen LogP contribution is -2.21. The molecule has 0 aromatic heterocycles. The molecule has 0 amide bonds. The highest BCUT2D eigenvalue weighted by Crippen LogP contribution is 2.35. The van der Waals surface area contributed by atoms with E-state index in [1.54, 1.807) is 0 Å². The average Bonchev–Trinajstić information content (AvgIpc) is 2.48. The van der Waals surface area contributed by atoms with Crippen molar-refractivity contribution in [2.45, 2.75) is 36.2 Å². The van der Waals surface area contributed by atoms with Crippen molar-refractivity contribution in [1.82, 2.24) is 5.32 Å². The van der Waals surface area contributed by atoms with Gasteiger partial charge in [0.1, 0.15) is 6.07 Å². The van der Waals surface area contributed by atoms with E-state index in [0.29, 0.717) is 16.6 Å². The van der Waals surface area contributed by atoms with Crippen LogP contribution in [-0.4, -0.2) is 6.04 Å². The zero-order valence-corrected chi connectivity index (χ0v) is 13.6. The van der Waals surface area contributed by atoms with Gasteiger partial charge in [-0.25, -0.2) is 0 Å². The van der Waals surface area contributed by atoms with Gasteiger partial charge in [-0.1, -0.05) is 55.4 Å². The molecule has 0 fully saturated rings. The minimum atomic E-state index is 0.424. The summed E-state index contributed by atoms with van der Waals surface area (Å²) in [5.74, 6) is 0. The van der Waals surface area contributed by atoms with Crippen LogP contribution in [0.3, 0.4) is 0 Å². The number of hydrogen-bond donors (Lipinski definition) is 1. The van der Waals surface area contributed by atoms with Crippen LogP contribution in [-0.2, 0) is 6.54 Å². The molecule has 0 spiro atoms. The van der Waals surface area contributed by atoms with Gasteiger partial charge in [0.25, 0.3) is 0 Å². The van der Waals surface area contributed by atoms with Crippen molar-refractivity contribution >= 4 is 23.4 Å². The summed E-state index contributed by atoms with van der Waals surface area (Å²) in [4.78, 5) is 1.89. The lowest BCUT2D eigenvalue weighted by molar-refractivity contribution is 0.588. The molecule has 0 aliphatic rings. The SMILES string of the molecule is CC(C)NCc1ccc(Sc2ccccc2Cl)c(C#N)c1. The molecule has 2 aromatic carbocycles. The predicted molar refractivity (Wildman–Crippen MR) is 88.7 cm³/mol. The van der Waals surface area contributed by atoms with Gasteiger partial charge in [-0.05, 0) is 29.8 Å². The number of benzene rings is 2. The van der Waals surface area contributed by atoms with Crippen molar-refractivity contribution in [3.05, 3.63) is 58.6 Å². The Morgan fingerprint density at radius 3 is 2.62 bits per heavy atom. The Kier molecular flexibility index (Phi) is 5.69.